The standard InChI is InChI=1S/C21H25ClFN3O2/c1-28-20-6-5-17(12-19(20)23)14-25-7-9-26(10-8-25)15-21(27)24-13-16-3-2-4-18(22)11-16/h2-6,11-12H,7-10,13-15H2,1H3,(H,24,27)/p+2. The molecule has 1 heterocycles. The van der Waals surface area contributed by atoms with E-state index in [9.17, 15) is 9.18 Å². The first kappa shape index (κ1) is 20.6. The van der Waals surface area contributed by atoms with Crippen molar-refractivity contribution < 1.29 is 23.7 Å². The fourth-order valence-electron chi connectivity index (χ4n) is 3.56. The average molecular weight is 408 g/mol. The van der Waals surface area contributed by atoms with E-state index in [0.717, 1.165) is 43.9 Å². The van der Waals surface area contributed by atoms with Crippen molar-refractivity contribution in [3.05, 3.63) is 64.4 Å². The predicted molar refractivity (Wildman–Crippen MR) is 106 cm³/mol. The molecule has 150 valence electrons. The summed E-state index contributed by atoms with van der Waals surface area (Å²) in [4.78, 5) is 14.9. The minimum Gasteiger partial charge on any atom is -0.494 e. The summed E-state index contributed by atoms with van der Waals surface area (Å²) in [6.45, 7) is 5.54. The number of quaternary nitrogens is 2. The van der Waals surface area contributed by atoms with Gasteiger partial charge in [-0.3, -0.25) is 4.79 Å². The van der Waals surface area contributed by atoms with Gasteiger partial charge in [0, 0.05) is 17.1 Å². The van der Waals surface area contributed by atoms with Gasteiger partial charge in [-0.25, -0.2) is 4.39 Å². The van der Waals surface area contributed by atoms with Gasteiger partial charge < -0.3 is 19.9 Å². The topological polar surface area (TPSA) is 47.2 Å². The van der Waals surface area contributed by atoms with Gasteiger partial charge in [0.05, 0.1) is 7.11 Å². The maximum absolute atomic E-state index is 13.8. The Bertz CT molecular complexity index is 810. The molecule has 0 saturated carbocycles. The zero-order chi connectivity index (χ0) is 19.9. The number of ether oxygens (including phenoxy) is 1. The van der Waals surface area contributed by atoms with Gasteiger partial charge in [-0.05, 0) is 35.9 Å². The maximum atomic E-state index is 13.8. The lowest BCUT2D eigenvalue weighted by Crippen LogP contribution is -3.28. The number of piperazine rings is 1. The van der Waals surface area contributed by atoms with Crippen molar-refractivity contribution in [3.63, 3.8) is 0 Å². The smallest absolute Gasteiger partial charge is 0.275 e. The molecule has 0 atom stereocenters. The van der Waals surface area contributed by atoms with Crippen LogP contribution in [-0.4, -0.2) is 45.7 Å². The number of nitrogens with one attached hydrogen (secondary N) is 3. The number of methoxy groups -OCH3 is 1. The van der Waals surface area contributed by atoms with E-state index in [1.165, 1.54) is 16.9 Å². The summed E-state index contributed by atoms with van der Waals surface area (Å²) in [6, 6.07) is 12.6. The minimum atomic E-state index is -0.319. The molecule has 3 N–H and O–H groups in total. The van der Waals surface area contributed by atoms with E-state index < -0.39 is 0 Å². The number of rotatable bonds is 7. The van der Waals surface area contributed by atoms with Crippen molar-refractivity contribution in [2.75, 3.05) is 39.8 Å². The first-order chi connectivity index (χ1) is 13.5. The van der Waals surface area contributed by atoms with Crippen LogP contribution >= 0.6 is 11.6 Å². The molecule has 0 unspecified atom stereocenters. The Labute approximate surface area is 170 Å². The number of carbonyl (C=O) groups excluding carboxylic acids is 1. The Morgan fingerprint density at radius 1 is 1.11 bits per heavy atom. The van der Waals surface area contributed by atoms with E-state index in [0.29, 0.717) is 18.1 Å². The molecule has 0 radical (unpaired) electrons. The quantitative estimate of drug-likeness (QED) is 0.609. The monoisotopic (exact) mass is 407 g/mol. The zero-order valence-electron chi connectivity index (χ0n) is 16.1. The van der Waals surface area contributed by atoms with Crippen molar-refractivity contribution in [1.82, 2.24) is 5.32 Å². The molecule has 0 aromatic heterocycles. The summed E-state index contributed by atoms with van der Waals surface area (Å²) in [5, 5.41) is 3.64. The van der Waals surface area contributed by atoms with Gasteiger partial charge in [-0.15, -0.1) is 0 Å². The summed E-state index contributed by atoms with van der Waals surface area (Å²) < 4.78 is 18.8. The van der Waals surface area contributed by atoms with Crippen LogP contribution in [0.5, 0.6) is 5.75 Å². The Morgan fingerprint density at radius 2 is 1.86 bits per heavy atom. The number of benzene rings is 2. The maximum Gasteiger partial charge on any atom is 0.275 e. The van der Waals surface area contributed by atoms with E-state index in [-0.39, 0.29) is 17.5 Å². The highest BCUT2D eigenvalue weighted by atomic mass is 35.5. The van der Waals surface area contributed by atoms with Crippen LogP contribution in [0.15, 0.2) is 42.5 Å². The summed E-state index contributed by atoms with van der Waals surface area (Å²) in [7, 11) is 1.47. The third-order valence-corrected chi connectivity index (χ3v) is 5.36. The normalized spacial score (nSPS) is 19.2. The molecule has 0 spiro atoms. The molecule has 1 aliphatic heterocycles. The Morgan fingerprint density at radius 3 is 2.54 bits per heavy atom. The first-order valence-corrected chi connectivity index (χ1v) is 9.92. The van der Waals surface area contributed by atoms with E-state index in [1.54, 1.807) is 12.1 Å². The number of hydrogen-bond acceptors (Lipinski definition) is 2. The van der Waals surface area contributed by atoms with Crippen LogP contribution in [0.2, 0.25) is 5.02 Å². The number of amides is 1. The second-order valence-electron chi connectivity index (χ2n) is 7.23. The van der Waals surface area contributed by atoms with Gasteiger partial charge in [-0.2, -0.15) is 0 Å². The first-order valence-electron chi connectivity index (χ1n) is 9.54. The predicted octanol–water partition coefficient (Wildman–Crippen LogP) is 0.0875. The molecule has 3 rings (SSSR count). The van der Waals surface area contributed by atoms with E-state index >= 15 is 0 Å². The van der Waals surface area contributed by atoms with Crippen molar-refractivity contribution in [2.45, 2.75) is 13.1 Å². The third-order valence-electron chi connectivity index (χ3n) is 5.12. The molecule has 0 bridgehead atoms. The van der Waals surface area contributed by atoms with Gasteiger partial charge in [0.15, 0.2) is 18.1 Å². The third kappa shape index (κ3) is 5.92. The fraction of sp³-hybridized carbons (Fsp3) is 0.381. The van der Waals surface area contributed by atoms with Crippen LogP contribution in [0.3, 0.4) is 0 Å². The van der Waals surface area contributed by atoms with Crippen molar-refractivity contribution in [3.8, 4) is 5.75 Å². The Kier molecular flexibility index (Phi) is 7.25. The van der Waals surface area contributed by atoms with Crippen LogP contribution in [0.1, 0.15) is 11.1 Å². The average Bonchev–Trinajstić information content (AvgIpc) is 2.68. The van der Waals surface area contributed by atoms with Crippen molar-refractivity contribution >= 4 is 17.5 Å². The summed E-state index contributed by atoms with van der Waals surface area (Å²) in [5.41, 5.74) is 1.97. The molecule has 1 amide bonds. The van der Waals surface area contributed by atoms with Gasteiger partial charge in [0.2, 0.25) is 0 Å². The van der Waals surface area contributed by atoms with Gasteiger partial charge >= 0.3 is 0 Å². The number of hydrogen-bond donors (Lipinski definition) is 3. The van der Waals surface area contributed by atoms with E-state index in [2.05, 4.69) is 5.32 Å². The molecule has 7 heteroatoms. The molecular formula is C21H27ClFN3O2+2. The molecule has 28 heavy (non-hydrogen) atoms. The van der Waals surface area contributed by atoms with Gasteiger partial charge in [0.25, 0.3) is 5.91 Å². The molecule has 0 aliphatic carbocycles. The fourth-order valence-corrected chi connectivity index (χ4v) is 3.77. The van der Waals surface area contributed by atoms with Crippen LogP contribution in [0.25, 0.3) is 0 Å². The molecule has 5 nitrogen and oxygen atoms in total. The Hall–Kier alpha value is -2.15. The lowest BCUT2D eigenvalue weighted by molar-refractivity contribution is -1.02. The Balaban J connectivity index is 1.40. The molecule has 1 aliphatic rings. The summed E-state index contributed by atoms with van der Waals surface area (Å²) >= 11 is 5.97. The SMILES string of the molecule is COc1ccc(C[NH+]2CC[NH+](CC(=O)NCc3cccc(Cl)c3)CC2)cc1F. The molecule has 1 saturated heterocycles. The lowest BCUT2D eigenvalue weighted by atomic mass is 10.2. The summed E-state index contributed by atoms with van der Waals surface area (Å²) in [6.07, 6.45) is 0. The molecular weight excluding hydrogens is 381 g/mol. The second-order valence-corrected chi connectivity index (χ2v) is 7.67. The van der Waals surface area contributed by atoms with Crippen LogP contribution in [-0.2, 0) is 17.9 Å². The second kappa shape index (κ2) is 9.87. The number of halogens is 2. The van der Waals surface area contributed by atoms with E-state index in [1.807, 2.05) is 30.3 Å². The highest BCUT2D eigenvalue weighted by Gasteiger charge is 2.25. The van der Waals surface area contributed by atoms with E-state index in [4.69, 9.17) is 16.3 Å². The summed E-state index contributed by atoms with van der Waals surface area (Å²) in [5.74, 6) is 0.00693. The lowest BCUT2D eigenvalue weighted by Gasteiger charge is -2.29. The highest BCUT2D eigenvalue weighted by Crippen LogP contribution is 2.17. The largest absolute Gasteiger partial charge is 0.494 e. The van der Waals surface area contributed by atoms with Crippen LogP contribution in [0.4, 0.5) is 4.39 Å². The highest BCUT2D eigenvalue weighted by molar-refractivity contribution is 6.30. The molecule has 2 aromatic rings. The van der Waals surface area contributed by atoms with Crippen LogP contribution < -0.4 is 19.9 Å². The zero-order valence-corrected chi connectivity index (χ0v) is 16.8. The van der Waals surface area contributed by atoms with Gasteiger partial charge in [0.1, 0.15) is 32.7 Å². The van der Waals surface area contributed by atoms with Gasteiger partial charge in [-0.1, -0.05) is 23.7 Å². The molecule has 1 fully saturated rings. The van der Waals surface area contributed by atoms with Crippen LogP contribution in [0, 0.1) is 5.82 Å². The van der Waals surface area contributed by atoms with Crippen molar-refractivity contribution in [2.24, 2.45) is 0 Å². The van der Waals surface area contributed by atoms with Crippen molar-refractivity contribution in [1.29, 1.82) is 0 Å². The minimum absolute atomic E-state index is 0.0515. The number of carbonyl (C=O) groups is 1. The molecule has 2 aromatic carbocycles.